The molecule has 0 aliphatic carbocycles. The lowest BCUT2D eigenvalue weighted by molar-refractivity contribution is -0.119. The van der Waals surface area contributed by atoms with E-state index in [9.17, 15) is 13.6 Å². The summed E-state index contributed by atoms with van der Waals surface area (Å²) in [5, 5.41) is 7.13. The second kappa shape index (κ2) is 8.13. The van der Waals surface area contributed by atoms with Crippen molar-refractivity contribution in [2.75, 3.05) is 10.6 Å². The van der Waals surface area contributed by atoms with Crippen LogP contribution in [0.3, 0.4) is 0 Å². The predicted molar refractivity (Wildman–Crippen MR) is 114 cm³/mol. The Kier molecular flexibility index (Phi) is 5.54. The molecule has 0 fully saturated rings. The summed E-state index contributed by atoms with van der Waals surface area (Å²) in [6.45, 7) is -2.95. The highest BCUT2D eigenvalue weighted by atomic mass is 35.5. The highest BCUT2D eigenvalue weighted by molar-refractivity contribution is 6.31. The molecule has 0 saturated heterocycles. The average Bonchev–Trinajstić information content (AvgIpc) is 2.92. The Hall–Kier alpha value is -2.83. The van der Waals surface area contributed by atoms with Gasteiger partial charge in [0.25, 0.3) is 5.91 Å². The van der Waals surface area contributed by atoms with Crippen LogP contribution in [0.5, 0.6) is 5.75 Å². The molecule has 0 aromatic heterocycles. The van der Waals surface area contributed by atoms with E-state index in [4.69, 9.17) is 23.2 Å². The number of nitrogens with one attached hydrogen (secondary N) is 2. The first-order valence-electron chi connectivity index (χ1n) is 9.05. The first-order valence-corrected chi connectivity index (χ1v) is 9.80. The van der Waals surface area contributed by atoms with Gasteiger partial charge >= 0.3 is 6.61 Å². The number of amides is 1. The second-order valence-electron chi connectivity index (χ2n) is 6.89. The molecule has 4 rings (SSSR count). The molecule has 2 N–H and O–H groups in total. The van der Waals surface area contributed by atoms with Gasteiger partial charge in [-0.3, -0.25) is 4.79 Å². The van der Waals surface area contributed by atoms with Crippen LogP contribution in [0.4, 0.5) is 20.2 Å². The molecule has 1 heterocycles. The molecule has 1 amide bonds. The van der Waals surface area contributed by atoms with Crippen LogP contribution in [-0.2, 0) is 16.8 Å². The van der Waals surface area contributed by atoms with Crippen LogP contribution in [0, 0.1) is 0 Å². The van der Waals surface area contributed by atoms with E-state index in [1.807, 2.05) is 6.07 Å². The van der Waals surface area contributed by atoms with Crippen LogP contribution >= 0.6 is 23.2 Å². The number of benzene rings is 3. The third-order valence-corrected chi connectivity index (χ3v) is 5.32. The Balaban J connectivity index is 1.79. The smallest absolute Gasteiger partial charge is 0.387 e. The summed E-state index contributed by atoms with van der Waals surface area (Å²) < 4.78 is 29.7. The summed E-state index contributed by atoms with van der Waals surface area (Å²) in [5.41, 5.74) is 1.36. The van der Waals surface area contributed by atoms with E-state index in [0.29, 0.717) is 27.0 Å². The van der Waals surface area contributed by atoms with Crippen molar-refractivity contribution in [3.05, 3.63) is 87.9 Å². The quantitative estimate of drug-likeness (QED) is 0.479. The Morgan fingerprint density at radius 3 is 2.53 bits per heavy atom. The third-order valence-electron chi connectivity index (χ3n) is 4.85. The predicted octanol–water partition coefficient (Wildman–Crippen LogP) is 6.10. The average molecular weight is 449 g/mol. The number of fused-ring (bicyclic) bond motifs is 1. The van der Waals surface area contributed by atoms with Gasteiger partial charge in [0.1, 0.15) is 11.3 Å². The second-order valence-corrected chi connectivity index (χ2v) is 7.76. The fourth-order valence-electron chi connectivity index (χ4n) is 3.64. The molecule has 30 heavy (non-hydrogen) atoms. The molecule has 0 spiro atoms. The van der Waals surface area contributed by atoms with Gasteiger partial charge in [-0.1, -0.05) is 47.5 Å². The fourth-order valence-corrected chi connectivity index (χ4v) is 4.02. The van der Waals surface area contributed by atoms with Crippen molar-refractivity contribution < 1.29 is 18.3 Å². The van der Waals surface area contributed by atoms with E-state index >= 15 is 0 Å². The zero-order valence-electron chi connectivity index (χ0n) is 15.5. The van der Waals surface area contributed by atoms with Crippen LogP contribution < -0.4 is 15.4 Å². The van der Waals surface area contributed by atoms with Crippen molar-refractivity contribution >= 4 is 40.5 Å². The number of rotatable bonds is 6. The van der Waals surface area contributed by atoms with Gasteiger partial charge in [-0.15, -0.1) is 0 Å². The number of halogens is 4. The summed E-state index contributed by atoms with van der Waals surface area (Å²) in [5.74, 6) is -0.303. The van der Waals surface area contributed by atoms with Crippen molar-refractivity contribution in [1.82, 2.24) is 0 Å². The number of carbonyl (C=O) groups excluding carboxylic acids is 1. The highest BCUT2D eigenvalue weighted by Gasteiger charge is 2.47. The largest absolute Gasteiger partial charge is 0.435 e. The molecule has 3 aromatic carbocycles. The van der Waals surface area contributed by atoms with Gasteiger partial charge in [0.15, 0.2) is 0 Å². The van der Waals surface area contributed by atoms with Gasteiger partial charge in [0, 0.05) is 39.5 Å². The van der Waals surface area contributed by atoms with Crippen LogP contribution in [-0.4, -0.2) is 12.5 Å². The highest BCUT2D eigenvalue weighted by Crippen LogP contribution is 2.42. The molecule has 0 radical (unpaired) electrons. The van der Waals surface area contributed by atoms with E-state index in [0.717, 1.165) is 5.56 Å². The van der Waals surface area contributed by atoms with Gasteiger partial charge in [-0.2, -0.15) is 8.78 Å². The normalized spacial score (nSPS) is 17.6. The van der Waals surface area contributed by atoms with Gasteiger partial charge in [0.2, 0.25) is 0 Å². The molecular formula is C22H16Cl2F2N2O2. The van der Waals surface area contributed by atoms with Crippen LogP contribution in [0.25, 0.3) is 0 Å². The molecule has 1 atom stereocenters. The Bertz CT molecular complexity index is 1110. The van der Waals surface area contributed by atoms with Crippen molar-refractivity contribution in [2.45, 2.75) is 18.6 Å². The minimum Gasteiger partial charge on any atom is -0.435 e. The first-order chi connectivity index (χ1) is 14.4. The van der Waals surface area contributed by atoms with Gasteiger partial charge in [-0.05, 0) is 42.0 Å². The maximum Gasteiger partial charge on any atom is 0.387 e. The summed E-state index contributed by atoms with van der Waals surface area (Å²) in [6.07, 6.45) is 0.272. The number of carbonyl (C=O) groups is 1. The molecule has 4 nitrogen and oxygen atoms in total. The van der Waals surface area contributed by atoms with Crippen LogP contribution in [0.15, 0.2) is 66.7 Å². The standard InChI is InChI=1S/C22H16Cl2F2N2O2/c23-14-4-1-3-13(9-14)12-22(18-8-7-15(24)10-19(18)27-20(22)29)28-16-5-2-6-17(11-16)30-21(25)26/h1-11,21,28H,12H2,(H,27,29). The lowest BCUT2D eigenvalue weighted by Gasteiger charge is -2.30. The third kappa shape index (κ3) is 4.06. The molecule has 1 aliphatic rings. The number of alkyl halides is 2. The van der Waals surface area contributed by atoms with E-state index in [1.165, 1.54) is 12.1 Å². The minimum atomic E-state index is -2.95. The molecular weight excluding hydrogens is 433 g/mol. The van der Waals surface area contributed by atoms with E-state index in [2.05, 4.69) is 15.4 Å². The lowest BCUT2D eigenvalue weighted by Crippen LogP contribution is -2.44. The zero-order valence-corrected chi connectivity index (χ0v) is 17.0. The molecule has 0 saturated carbocycles. The Morgan fingerprint density at radius 2 is 1.77 bits per heavy atom. The van der Waals surface area contributed by atoms with Gasteiger partial charge in [0.05, 0.1) is 0 Å². The van der Waals surface area contributed by atoms with Crippen LogP contribution in [0.2, 0.25) is 10.0 Å². The maximum absolute atomic E-state index is 13.2. The summed E-state index contributed by atoms with van der Waals surface area (Å²) in [7, 11) is 0. The molecule has 154 valence electrons. The van der Waals surface area contributed by atoms with Crippen molar-refractivity contribution in [1.29, 1.82) is 0 Å². The first kappa shape index (κ1) is 20.4. The molecule has 1 aliphatic heterocycles. The van der Waals surface area contributed by atoms with Gasteiger partial charge in [-0.25, -0.2) is 0 Å². The molecule has 3 aromatic rings. The summed E-state index contributed by atoms with van der Waals surface area (Å²) >= 11 is 12.2. The number of ether oxygens (including phenoxy) is 1. The van der Waals surface area contributed by atoms with Crippen LogP contribution in [0.1, 0.15) is 11.1 Å². The molecule has 8 heteroatoms. The van der Waals surface area contributed by atoms with E-state index in [-0.39, 0.29) is 18.1 Å². The number of hydrogen-bond donors (Lipinski definition) is 2. The minimum absolute atomic E-state index is 0.0114. The number of anilines is 2. The Labute approximate surface area is 181 Å². The topological polar surface area (TPSA) is 50.4 Å². The van der Waals surface area contributed by atoms with Crippen molar-refractivity contribution in [3.63, 3.8) is 0 Å². The molecule has 0 bridgehead atoms. The van der Waals surface area contributed by atoms with E-state index in [1.54, 1.807) is 48.5 Å². The maximum atomic E-state index is 13.2. The lowest BCUT2D eigenvalue weighted by atomic mass is 9.84. The van der Waals surface area contributed by atoms with Gasteiger partial charge < -0.3 is 15.4 Å². The molecule has 1 unspecified atom stereocenters. The summed E-state index contributed by atoms with van der Waals surface area (Å²) in [4.78, 5) is 13.2. The SMILES string of the molecule is O=C1Nc2cc(Cl)ccc2C1(Cc1cccc(Cl)c1)Nc1cccc(OC(F)F)c1. The van der Waals surface area contributed by atoms with Crippen molar-refractivity contribution in [3.8, 4) is 5.75 Å². The summed E-state index contributed by atoms with van der Waals surface area (Å²) in [6, 6.07) is 18.4. The van der Waals surface area contributed by atoms with Crippen molar-refractivity contribution in [2.24, 2.45) is 0 Å². The monoisotopic (exact) mass is 448 g/mol. The zero-order chi connectivity index (χ0) is 21.3. The van der Waals surface area contributed by atoms with E-state index < -0.39 is 12.2 Å². The fraction of sp³-hybridized carbons (Fsp3) is 0.136. The number of hydrogen-bond acceptors (Lipinski definition) is 3. The Morgan fingerprint density at radius 1 is 1.00 bits per heavy atom.